The zero-order valence-corrected chi connectivity index (χ0v) is 15.3. The number of hydrogen-bond acceptors (Lipinski definition) is 3. The Balaban J connectivity index is 1.66. The molecule has 5 aromatic rings. The van der Waals surface area contributed by atoms with Crippen LogP contribution in [0.4, 0.5) is 0 Å². The van der Waals surface area contributed by atoms with E-state index in [9.17, 15) is 4.79 Å². The molecule has 0 fully saturated rings. The molecule has 0 radical (unpaired) electrons. The van der Waals surface area contributed by atoms with Crippen molar-refractivity contribution in [1.82, 2.24) is 24.3 Å². The van der Waals surface area contributed by atoms with Crippen LogP contribution in [0.25, 0.3) is 39.1 Å². The summed E-state index contributed by atoms with van der Waals surface area (Å²) >= 11 is 0. The minimum absolute atomic E-state index is 0.0392. The van der Waals surface area contributed by atoms with Gasteiger partial charge in [0.15, 0.2) is 11.5 Å². The lowest BCUT2D eigenvalue weighted by atomic mass is 10.0. The lowest BCUT2D eigenvalue weighted by Gasteiger charge is -2.18. The molecule has 3 aromatic heterocycles. The standard InChI is InChI=1S/C22H17N5O/c1-13-6-8-14(9-7-13)27-20-17(12-23-27)22(28)26-11-10-16-15-4-2-3-5-18(15)24-19(16)21(26)25-20/h2-9,12,24H,10-11H2,1H3. The molecule has 0 spiro atoms. The Morgan fingerprint density at radius 1 is 1.04 bits per heavy atom. The van der Waals surface area contributed by atoms with Crippen molar-refractivity contribution < 1.29 is 0 Å². The third-order valence-corrected chi connectivity index (χ3v) is 5.59. The number of benzene rings is 2. The third kappa shape index (κ3) is 2.00. The van der Waals surface area contributed by atoms with Crippen LogP contribution in [-0.4, -0.2) is 24.3 Å². The van der Waals surface area contributed by atoms with Crippen LogP contribution >= 0.6 is 0 Å². The zero-order chi connectivity index (χ0) is 18.8. The molecule has 0 saturated carbocycles. The molecule has 6 heteroatoms. The molecule has 136 valence electrons. The van der Waals surface area contributed by atoms with Gasteiger partial charge in [0, 0.05) is 17.4 Å². The van der Waals surface area contributed by atoms with E-state index >= 15 is 0 Å². The molecule has 0 aliphatic carbocycles. The van der Waals surface area contributed by atoms with Gasteiger partial charge in [-0.25, -0.2) is 9.67 Å². The highest BCUT2D eigenvalue weighted by molar-refractivity contribution is 5.91. The summed E-state index contributed by atoms with van der Waals surface area (Å²) in [5.74, 6) is 0.684. The molecular formula is C22H17N5O. The lowest BCUT2D eigenvalue weighted by molar-refractivity contribution is 0.652. The van der Waals surface area contributed by atoms with Crippen LogP contribution < -0.4 is 5.56 Å². The highest BCUT2D eigenvalue weighted by atomic mass is 16.1. The summed E-state index contributed by atoms with van der Waals surface area (Å²) < 4.78 is 3.51. The summed E-state index contributed by atoms with van der Waals surface area (Å²) in [6, 6.07) is 16.3. The van der Waals surface area contributed by atoms with Gasteiger partial charge < -0.3 is 4.98 Å². The number of para-hydroxylation sites is 1. The predicted molar refractivity (Wildman–Crippen MR) is 109 cm³/mol. The maximum Gasteiger partial charge on any atom is 0.264 e. The van der Waals surface area contributed by atoms with Crippen molar-refractivity contribution in [3.8, 4) is 17.2 Å². The topological polar surface area (TPSA) is 68.5 Å². The molecule has 1 aliphatic rings. The van der Waals surface area contributed by atoms with Gasteiger partial charge in [-0.15, -0.1) is 0 Å². The number of hydrogen-bond donors (Lipinski definition) is 1. The Labute approximate surface area is 160 Å². The molecule has 6 nitrogen and oxygen atoms in total. The minimum Gasteiger partial charge on any atom is -0.352 e. The van der Waals surface area contributed by atoms with Gasteiger partial charge in [0.05, 0.1) is 17.6 Å². The van der Waals surface area contributed by atoms with Crippen LogP contribution in [0.15, 0.2) is 59.5 Å². The summed E-state index contributed by atoms with van der Waals surface area (Å²) in [5, 5.41) is 6.20. The van der Waals surface area contributed by atoms with Crippen molar-refractivity contribution in [1.29, 1.82) is 0 Å². The first-order valence-corrected chi connectivity index (χ1v) is 9.36. The molecule has 1 N–H and O–H groups in total. The second kappa shape index (κ2) is 5.42. The molecule has 4 heterocycles. The normalized spacial score (nSPS) is 13.0. The Hall–Kier alpha value is -3.67. The van der Waals surface area contributed by atoms with E-state index in [1.54, 1.807) is 15.4 Å². The molecule has 0 saturated heterocycles. The van der Waals surface area contributed by atoms with Gasteiger partial charge in [-0.05, 0) is 37.1 Å². The average Bonchev–Trinajstić information content (AvgIpc) is 3.31. The number of H-pyrrole nitrogens is 1. The van der Waals surface area contributed by atoms with E-state index in [0.29, 0.717) is 23.4 Å². The van der Waals surface area contributed by atoms with Crippen molar-refractivity contribution in [2.45, 2.75) is 19.9 Å². The van der Waals surface area contributed by atoms with Crippen molar-refractivity contribution in [3.63, 3.8) is 0 Å². The van der Waals surface area contributed by atoms with Crippen LogP contribution in [0.5, 0.6) is 0 Å². The lowest BCUT2D eigenvalue weighted by Crippen LogP contribution is -2.27. The number of fused-ring (bicyclic) bond motifs is 6. The van der Waals surface area contributed by atoms with Crippen molar-refractivity contribution in [3.05, 3.63) is 76.2 Å². The summed E-state index contributed by atoms with van der Waals surface area (Å²) in [6.07, 6.45) is 2.43. The van der Waals surface area contributed by atoms with Crippen LogP contribution in [0.2, 0.25) is 0 Å². The number of aryl methyl sites for hydroxylation is 2. The fourth-order valence-electron chi connectivity index (χ4n) is 4.15. The number of nitrogens with zero attached hydrogens (tertiary/aromatic N) is 4. The van der Waals surface area contributed by atoms with E-state index in [0.717, 1.165) is 23.3 Å². The van der Waals surface area contributed by atoms with Gasteiger partial charge in [0.25, 0.3) is 5.56 Å². The minimum atomic E-state index is -0.0392. The SMILES string of the molecule is Cc1ccc(-n2ncc3c(=O)n4c(nc32)-c2[nH]c3ccccc3c2CC4)cc1. The Kier molecular flexibility index (Phi) is 2.98. The fourth-order valence-corrected chi connectivity index (χ4v) is 4.15. The summed E-state index contributed by atoms with van der Waals surface area (Å²) in [6.45, 7) is 2.67. The number of nitrogens with one attached hydrogen (secondary N) is 1. The fraction of sp³-hybridized carbons (Fsp3) is 0.136. The van der Waals surface area contributed by atoms with E-state index in [2.05, 4.69) is 22.2 Å². The van der Waals surface area contributed by atoms with Crippen molar-refractivity contribution >= 4 is 21.9 Å². The van der Waals surface area contributed by atoms with Gasteiger partial charge in [0.2, 0.25) is 0 Å². The van der Waals surface area contributed by atoms with Gasteiger partial charge in [-0.2, -0.15) is 5.10 Å². The highest BCUT2D eigenvalue weighted by Gasteiger charge is 2.25. The smallest absolute Gasteiger partial charge is 0.264 e. The first-order valence-electron chi connectivity index (χ1n) is 9.36. The van der Waals surface area contributed by atoms with Crippen LogP contribution in [0, 0.1) is 6.92 Å². The molecule has 0 amide bonds. The Morgan fingerprint density at radius 3 is 2.71 bits per heavy atom. The third-order valence-electron chi connectivity index (χ3n) is 5.59. The van der Waals surface area contributed by atoms with E-state index in [-0.39, 0.29) is 5.56 Å². The van der Waals surface area contributed by atoms with Gasteiger partial charge >= 0.3 is 0 Å². The van der Waals surface area contributed by atoms with E-state index in [1.807, 2.05) is 43.3 Å². The molecule has 1 aliphatic heterocycles. The molecule has 2 aromatic carbocycles. The van der Waals surface area contributed by atoms with Crippen molar-refractivity contribution in [2.75, 3.05) is 0 Å². The largest absolute Gasteiger partial charge is 0.352 e. The number of aromatic amines is 1. The number of rotatable bonds is 1. The molecule has 0 bridgehead atoms. The molecule has 0 atom stereocenters. The molecular weight excluding hydrogens is 350 g/mol. The Morgan fingerprint density at radius 2 is 1.86 bits per heavy atom. The summed E-state index contributed by atoms with van der Waals surface area (Å²) in [5.41, 5.74) is 5.85. The zero-order valence-electron chi connectivity index (χ0n) is 15.3. The quantitative estimate of drug-likeness (QED) is 0.492. The van der Waals surface area contributed by atoms with Crippen molar-refractivity contribution in [2.24, 2.45) is 0 Å². The second-order valence-electron chi connectivity index (χ2n) is 7.30. The average molecular weight is 367 g/mol. The van der Waals surface area contributed by atoms with Gasteiger partial charge in [-0.1, -0.05) is 35.9 Å². The monoisotopic (exact) mass is 367 g/mol. The number of aromatic nitrogens is 5. The highest BCUT2D eigenvalue weighted by Crippen LogP contribution is 2.33. The van der Waals surface area contributed by atoms with Crippen LogP contribution in [0.3, 0.4) is 0 Å². The second-order valence-corrected chi connectivity index (χ2v) is 7.30. The maximum absolute atomic E-state index is 13.2. The summed E-state index contributed by atoms with van der Waals surface area (Å²) in [4.78, 5) is 21.5. The van der Waals surface area contributed by atoms with Gasteiger partial charge in [-0.3, -0.25) is 9.36 Å². The van der Waals surface area contributed by atoms with E-state index in [1.165, 1.54) is 16.5 Å². The van der Waals surface area contributed by atoms with Crippen LogP contribution in [0.1, 0.15) is 11.1 Å². The van der Waals surface area contributed by atoms with Gasteiger partial charge in [0.1, 0.15) is 5.39 Å². The van der Waals surface area contributed by atoms with E-state index in [4.69, 9.17) is 4.98 Å². The first kappa shape index (κ1) is 15.4. The first-order chi connectivity index (χ1) is 13.7. The predicted octanol–water partition coefficient (Wildman–Crippen LogP) is 3.60. The maximum atomic E-state index is 13.2. The Bertz CT molecular complexity index is 1440. The summed E-state index contributed by atoms with van der Waals surface area (Å²) in [7, 11) is 0. The molecule has 6 rings (SSSR count). The van der Waals surface area contributed by atoms with E-state index < -0.39 is 0 Å². The molecule has 0 unspecified atom stereocenters. The molecule has 28 heavy (non-hydrogen) atoms. The van der Waals surface area contributed by atoms with Crippen LogP contribution in [-0.2, 0) is 13.0 Å².